The zero-order chi connectivity index (χ0) is 15.0. The Labute approximate surface area is 133 Å². The average molecular weight is 344 g/mol. The molecule has 1 unspecified atom stereocenters. The molecule has 0 spiro atoms. The molecule has 0 bridgehead atoms. The van der Waals surface area contributed by atoms with Crippen molar-refractivity contribution in [1.29, 1.82) is 0 Å². The zero-order valence-electron chi connectivity index (χ0n) is 12.4. The van der Waals surface area contributed by atoms with Gasteiger partial charge in [0.15, 0.2) is 0 Å². The van der Waals surface area contributed by atoms with Crippen molar-refractivity contribution in [3.63, 3.8) is 0 Å². The third kappa shape index (κ3) is 2.89. The third-order valence-electron chi connectivity index (χ3n) is 3.66. The van der Waals surface area contributed by atoms with Gasteiger partial charge >= 0.3 is 0 Å². The largest absolute Gasteiger partial charge is 0.459 e. The van der Waals surface area contributed by atoms with Crippen LogP contribution in [0.4, 0.5) is 0 Å². The highest BCUT2D eigenvalue weighted by atomic mass is 79.9. The maximum atomic E-state index is 6.03. The number of halogens is 1. The summed E-state index contributed by atoms with van der Waals surface area (Å²) in [6.07, 6.45) is 0. The predicted molar refractivity (Wildman–Crippen MR) is 90.7 cm³/mol. The number of fused-ring (bicyclic) bond motifs is 1. The molecule has 0 radical (unpaired) electrons. The summed E-state index contributed by atoms with van der Waals surface area (Å²) in [5, 5.41) is 4.50. The molecule has 21 heavy (non-hydrogen) atoms. The van der Waals surface area contributed by atoms with Gasteiger partial charge in [0.1, 0.15) is 11.3 Å². The van der Waals surface area contributed by atoms with E-state index in [9.17, 15) is 0 Å². The van der Waals surface area contributed by atoms with Crippen LogP contribution in [0.15, 0.2) is 51.4 Å². The molecule has 1 aromatic heterocycles. The van der Waals surface area contributed by atoms with Gasteiger partial charge in [-0.25, -0.2) is 0 Å². The van der Waals surface area contributed by atoms with Gasteiger partial charge in [-0.15, -0.1) is 0 Å². The van der Waals surface area contributed by atoms with Crippen LogP contribution < -0.4 is 5.32 Å². The van der Waals surface area contributed by atoms with Crippen molar-refractivity contribution < 1.29 is 4.42 Å². The van der Waals surface area contributed by atoms with Gasteiger partial charge in [0.25, 0.3) is 0 Å². The maximum absolute atomic E-state index is 6.03. The summed E-state index contributed by atoms with van der Waals surface area (Å²) in [6.45, 7) is 4.20. The fraction of sp³-hybridized carbons (Fsp3) is 0.222. The molecule has 1 atom stereocenters. The number of hydrogen-bond donors (Lipinski definition) is 1. The van der Waals surface area contributed by atoms with Gasteiger partial charge in [-0.2, -0.15) is 0 Å². The number of aryl methyl sites for hydroxylation is 2. The Hall–Kier alpha value is -1.58. The predicted octanol–water partition coefficient (Wildman–Crippen LogP) is 5.12. The summed E-state index contributed by atoms with van der Waals surface area (Å²) in [7, 11) is 1.96. The Kier molecular flexibility index (Phi) is 3.87. The summed E-state index contributed by atoms with van der Waals surface area (Å²) < 4.78 is 7.12. The molecule has 108 valence electrons. The van der Waals surface area contributed by atoms with Gasteiger partial charge < -0.3 is 9.73 Å². The molecule has 0 saturated carbocycles. The van der Waals surface area contributed by atoms with Crippen molar-refractivity contribution >= 4 is 26.9 Å². The molecule has 0 fully saturated rings. The molecule has 1 heterocycles. The summed E-state index contributed by atoms with van der Waals surface area (Å²) in [6, 6.07) is 14.9. The van der Waals surface area contributed by atoms with E-state index in [1.165, 1.54) is 16.7 Å². The lowest BCUT2D eigenvalue weighted by molar-refractivity contribution is 0.491. The average Bonchev–Trinajstić information content (AvgIpc) is 2.81. The SMILES string of the molecule is CNC(c1cc(C)cc(Br)c1)c1cc2cc(C)ccc2o1. The Balaban J connectivity index is 2.08. The number of hydrogen-bond acceptors (Lipinski definition) is 2. The van der Waals surface area contributed by atoms with E-state index in [0.29, 0.717) is 0 Å². The molecule has 0 aliphatic heterocycles. The molecular weight excluding hydrogens is 326 g/mol. The van der Waals surface area contributed by atoms with E-state index >= 15 is 0 Å². The molecule has 0 aliphatic rings. The first-order valence-electron chi connectivity index (χ1n) is 7.01. The second kappa shape index (κ2) is 5.66. The van der Waals surface area contributed by atoms with Gasteiger partial charge in [-0.3, -0.25) is 0 Å². The van der Waals surface area contributed by atoms with Gasteiger partial charge in [-0.05, 0) is 62.4 Å². The van der Waals surface area contributed by atoms with Crippen molar-refractivity contribution in [2.45, 2.75) is 19.9 Å². The minimum atomic E-state index is 0.0499. The van der Waals surface area contributed by atoms with E-state index in [0.717, 1.165) is 21.2 Å². The first kappa shape index (κ1) is 14.4. The lowest BCUT2D eigenvalue weighted by Crippen LogP contribution is -2.17. The number of furan rings is 1. The van der Waals surface area contributed by atoms with E-state index in [1.54, 1.807) is 0 Å². The van der Waals surface area contributed by atoms with Crippen molar-refractivity contribution in [3.8, 4) is 0 Å². The highest BCUT2D eigenvalue weighted by Gasteiger charge is 2.17. The van der Waals surface area contributed by atoms with Crippen LogP contribution in [-0.4, -0.2) is 7.05 Å². The first-order chi connectivity index (χ1) is 10.1. The van der Waals surface area contributed by atoms with Crippen molar-refractivity contribution in [1.82, 2.24) is 5.32 Å². The number of nitrogens with one attached hydrogen (secondary N) is 1. The quantitative estimate of drug-likeness (QED) is 0.713. The molecule has 3 aromatic rings. The van der Waals surface area contributed by atoms with Crippen LogP contribution in [0, 0.1) is 13.8 Å². The lowest BCUT2D eigenvalue weighted by Gasteiger charge is -2.15. The molecule has 0 amide bonds. The van der Waals surface area contributed by atoms with Crippen LogP contribution in [0.3, 0.4) is 0 Å². The van der Waals surface area contributed by atoms with Gasteiger partial charge in [-0.1, -0.05) is 33.6 Å². The molecular formula is C18H18BrNO. The van der Waals surface area contributed by atoms with E-state index < -0.39 is 0 Å². The minimum Gasteiger partial charge on any atom is -0.459 e. The van der Waals surface area contributed by atoms with Gasteiger partial charge in [0, 0.05) is 9.86 Å². The zero-order valence-corrected chi connectivity index (χ0v) is 14.0. The van der Waals surface area contributed by atoms with Gasteiger partial charge in [0.2, 0.25) is 0 Å². The highest BCUT2D eigenvalue weighted by molar-refractivity contribution is 9.10. The summed E-state index contributed by atoms with van der Waals surface area (Å²) in [4.78, 5) is 0. The number of benzene rings is 2. The third-order valence-corrected chi connectivity index (χ3v) is 4.12. The Morgan fingerprint density at radius 3 is 2.52 bits per heavy atom. The van der Waals surface area contributed by atoms with Gasteiger partial charge in [0.05, 0.1) is 6.04 Å². The normalized spacial score (nSPS) is 12.8. The summed E-state index contributed by atoms with van der Waals surface area (Å²) in [5.74, 6) is 0.940. The van der Waals surface area contributed by atoms with Crippen LogP contribution in [-0.2, 0) is 0 Å². The van der Waals surface area contributed by atoms with Crippen molar-refractivity contribution in [2.24, 2.45) is 0 Å². The maximum Gasteiger partial charge on any atom is 0.134 e. The van der Waals surface area contributed by atoms with Crippen LogP contribution in [0.1, 0.15) is 28.5 Å². The van der Waals surface area contributed by atoms with Crippen LogP contribution in [0.5, 0.6) is 0 Å². The fourth-order valence-electron chi connectivity index (χ4n) is 2.73. The van der Waals surface area contributed by atoms with E-state index in [2.05, 4.69) is 71.5 Å². The molecule has 2 aromatic carbocycles. The van der Waals surface area contributed by atoms with Crippen LogP contribution in [0.25, 0.3) is 11.0 Å². The molecule has 3 rings (SSSR count). The standard InChI is InChI=1S/C18H18BrNO/c1-11-4-5-16-13(6-11)10-17(21-16)18(20-3)14-7-12(2)8-15(19)9-14/h4-10,18,20H,1-3H3. The smallest absolute Gasteiger partial charge is 0.134 e. The van der Waals surface area contributed by atoms with E-state index in [-0.39, 0.29) is 6.04 Å². The second-order valence-corrected chi connectivity index (χ2v) is 6.39. The Morgan fingerprint density at radius 1 is 1.00 bits per heavy atom. The molecule has 2 nitrogen and oxygen atoms in total. The topological polar surface area (TPSA) is 25.2 Å². The molecule has 3 heteroatoms. The molecule has 1 N–H and O–H groups in total. The van der Waals surface area contributed by atoms with Crippen LogP contribution >= 0.6 is 15.9 Å². The van der Waals surface area contributed by atoms with Crippen LogP contribution in [0.2, 0.25) is 0 Å². The lowest BCUT2D eigenvalue weighted by atomic mass is 10.0. The monoisotopic (exact) mass is 343 g/mol. The highest BCUT2D eigenvalue weighted by Crippen LogP contribution is 2.30. The fourth-order valence-corrected chi connectivity index (χ4v) is 3.36. The second-order valence-electron chi connectivity index (χ2n) is 5.47. The minimum absolute atomic E-state index is 0.0499. The summed E-state index contributed by atoms with van der Waals surface area (Å²) >= 11 is 3.57. The molecule has 0 saturated heterocycles. The van der Waals surface area contributed by atoms with Crippen molar-refractivity contribution in [2.75, 3.05) is 7.05 Å². The Morgan fingerprint density at radius 2 is 1.81 bits per heavy atom. The van der Waals surface area contributed by atoms with E-state index in [4.69, 9.17) is 4.42 Å². The summed E-state index contributed by atoms with van der Waals surface area (Å²) in [5.41, 5.74) is 4.60. The Bertz CT molecular complexity index is 771. The van der Waals surface area contributed by atoms with E-state index in [1.807, 2.05) is 13.1 Å². The van der Waals surface area contributed by atoms with Crippen molar-refractivity contribution in [3.05, 3.63) is 69.4 Å². The molecule has 0 aliphatic carbocycles. The first-order valence-corrected chi connectivity index (χ1v) is 7.80. The number of rotatable bonds is 3.